The molecule has 29 heavy (non-hydrogen) atoms. The van der Waals surface area contributed by atoms with E-state index in [2.05, 4.69) is 20.4 Å². The Balaban J connectivity index is 1.57. The van der Waals surface area contributed by atoms with Crippen LogP contribution in [0.1, 0.15) is 29.1 Å². The Morgan fingerprint density at radius 2 is 2.10 bits per heavy atom. The predicted molar refractivity (Wildman–Crippen MR) is 109 cm³/mol. The van der Waals surface area contributed by atoms with Gasteiger partial charge in [-0.1, -0.05) is 11.8 Å². The first-order chi connectivity index (χ1) is 13.9. The van der Waals surface area contributed by atoms with Crippen molar-refractivity contribution in [1.82, 2.24) is 29.8 Å². The van der Waals surface area contributed by atoms with Crippen molar-refractivity contribution in [2.24, 2.45) is 0 Å². The standard InChI is InChI=1S/C19H24N6O3S/c1-12-15(13(2)25-18(21-12)22-19(23-25)29-4)7-8-17(27)24(3)11-16(26)20-10-14-6-5-9-28-14/h5-6,9H,7-8,10-11H2,1-4H3,(H,20,26). The third-order valence-electron chi connectivity index (χ3n) is 4.65. The number of amides is 2. The summed E-state index contributed by atoms with van der Waals surface area (Å²) in [4.78, 5) is 34.8. The van der Waals surface area contributed by atoms with Gasteiger partial charge in [0.15, 0.2) is 0 Å². The molecule has 0 aliphatic rings. The molecule has 2 amide bonds. The average Bonchev–Trinajstić information content (AvgIpc) is 3.35. The first kappa shape index (κ1) is 20.8. The number of carbonyl (C=O) groups excluding carboxylic acids is 2. The molecule has 0 aromatic carbocycles. The lowest BCUT2D eigenvalue weighted by atomic mass is 10.1. The molecule has 0 bridgehead atoms. The number of likely N-dealkylation sites (N-methyl/N-ethyl adjacent to an activating group) is 1. The smallest absolute Gasteiger partial charge is 0.253 e. The van der Waals surface area contributed by atoms with Crippen LogP contribution in [0.25, 0.3) is 5.78 Å². The third-order valence-corrected chi connectivity index (χ3v) is 5.19. The molecule has 3 aromatic heterocycles. The van der Waals surface area contributed by atoms with Crippen LogP contribution in [0.15, 0.2) is 28.0 Å². The van der Waals surface area contributed by atoms with E-state index in [0.717, 1.165) is 17.0 Å². The highest BCUT2D eigenvalue weighted by Gasteiger charge is 2.17. The van der Waals surface area contributed by atoms with Gasteiger partial charge in [0.2, 0.25) is 17.0 Å². The second-order valence-corrected chi connectivity index (χ2v) is 7.45. The van der Waals surface area contributed by atoms with E-state index in [1.54, 1.807) is 30.0 Å². The highest BCUT2D eigenvalue weighted by atomic mass is 32.2. The lowest BCUT2D eigenvalue weighted by Gasteiger charge is -2.17. The normalized spacial score (nSPS) is 11.0. The zero-order valence-electron chi connectivity index (χ0n) is 16.9. The van der Waals surface area contributed by atoms with Crippen molar-refractivity contribution in [2.75, 3.05) is 19.8 Å². The van der Waals surface area contributed by atoms with Crippen molar-refractivity contribution in [3.05, 3.63) is 41.1 Å². The third kappa shape index (κ3) is 4.94. The van der Waals surface area contributed by atoms with E-state index in [-0.39, 0.29) is 24.8 Å². The summed E-state index contributed by atoms with van der Waals surface area (Å²) >= 11 is 1.46. The van der Waals surface area contributed by atoms with E-state index < -0.39 is 0 Å². The molecule has 0 radical (unpaired) electrons. The lowest BCUT2D eigenvalue weighted by molar-refractivity contribution is -0.134. The first-order valence-corrected chi connectivity index (χ1v) is 10.4. The quantitative estimate of drug-likeness (QED) is 0.558. The van der Waals surface area contributed by atoms with E-state index >= 15 is 0 Å². The Labute approximate surface area is 172 Å². The molecule has 3 rings (SSSR count). The highest BCUT2D eigenvalue weighted by Crippen LogP contribution is 2.18. The molecule has 0 atom stereocenters. The largest absolute Gasteiger partial charge is 0.467 e. The lowest BCUT2D eigenvalue weighted by Crippen LogP contribution is -2.38. The molecule has 0 saturated carbocycles. The summed E-state index contributed by atoms with van der Waals surface area (Å²) < 4.78 is 6.88. The van der Waals surface area contributed by atoms with Gasteiger partial charge < -0.3 is 14.6 Å². The van der Waals surface area contributed by atoms with Crippen LogP contribution in [0.2, 0.25) is 0 Å². The molecular weight excluding hydrogens is 392 g/mol. The van der Waals surface area contributed by atoms with Crippen LogP contribution in [0.3, 0.4) is 0 Å². The summed E-state index contributed by atoms with van der Waals surface area (Å²) in [6.07, 6.45) is 4.26. The Morgan fingerprint density at radius 1 is 1.31 bits per heavy atom. The number of rotatable bonds is 8. The number of hydrogen-bond donors (Lipinski definition) is 1. The molecule has 0 saturated heterocycles. The van der Waals surface area contributed by atoms with Crippen molar-refractivity contribution in [2.45, 2.75) is 38.4 Å². The number of aromatic nitrogens is 4. The predicted octanol–water partition coefficient (Wildman–Crippen LogP) is 1.76. The van der Waals surface area contributed by atoms with Gasteiger partial charge in [-0.05, 0) is 44.2 Å². The van der Waals surface area contributed by atoms with Crippen molar-refractivity contribution in [3.63, 3.8) is 0 Å². The van der Waals surface area contributed by atoms with Crippen LogP contribution in [-0.2, 0) is 22.6 Å². The highest BCUT2D eigenvalue weighted by molar-refractivity contribution is 7.98. The number of furan rings is 1. The summed E-state index contributed by atoms with van der Waals surface area (Å²) in [5.41, 5.74) is 2.73. The van der Waals surface area contributed by atoms with Crippen LogP contribution in [0.5, 0.6) is 0 Å². The second-order valence-electron chi connectivity index (χ2n) is 6.68. The summed E-state index contributed by atoms with van der Waals surface area (Å²) in [7, 11) is 1.62. The molecule has 10 heteroatoms. The molecule has 0 fully saturated rings. The number of thioether (sulfide) groups is 1. The van der Waals surface area contributed by atoms with Gasteiger partial charge in [0.1, 0.15) is 5.76 Å². The Bertz CT molecular complexity index is 1010. The van der Waals surface area contributed by atoms with Crippen LogP contribution >= 0.6 is 11.8 Å². The molecule has 9 nitrogen and oxygen atoms in total. The number of nitrogens with one attached hydrogen (secondary N) is 1. The minimum absolute atomic E-state index is 0.00501. The molecule has 3 heterocycles. The van der Waals surface area contributed by atoms with Crippen LogP contribution in [0.4, 0.5) is 0 Å². The van der Waals surface area contributed by atoms with Crippen LogP contribution in [0, 0.1) is 13.8 Å². The van der Waals surface area contributed by atoms with E-state index in [4.69, 9.17) is 4.42 Å². The van der Waals surface area contributed by atoms with Gasteiger partial charge in [-0.3, -0.25) is 9.59 Å². The van der Waals surface area contributed by atoms with Crippen molar-refractivity contribution < 1.29 is 14.0 Å². The summed E-state index contributed by atoms with van der Waals surface area (Å²) in [5, 5.41) is 7.82. The van der Waals surface area contributed by atoms with Gasteiger partial charge in [-0.25, -0.2) is 9.50 Å². The van der Waals surface area contributed by atoms with E-state index in [9.17, 15) is 9.59 Å². The van der Waals surface area contributed by atoms with Crippen LogP contribution in [-0.4, -0.2) is 56.1 Å². The zero-order chi connectivity index (χ0) is 21.0. The Morgan fingerprint density at radius 3 is 2.79 bits per heavy atom. The van der Waals surface area contributed by atoms with Gasteiger partial charge >= 0.3 is 0 Å². The number of fused-ring (bicyclic) bond motifs is 1. The molecule has 0 aliphatic carbocycles. The number of carbonyl (C=O) groups is 2. The van der Waals surface area contributed by atoms with Gasteiger partial charge in [0, 0.05) is 24.9 Å². The molecule has 1 N–H and O–H groups in total. The Kier molecular flexibility index (Phi) is 6.53. The number of hydrogen-bond acceptors (Lipinski definition) is 7. The molecular formula is C19H24N6O3S. The van der Waals surface area contributed by atoms with Crippen LogP contribution < -0.4 is 5.32 Å². The maximum atomic E-state index is 12.5. The fourth-order valence-electron chi connectivity index (χ4n) is 3.02. The molecule has 0 aliphatic heterocycles. The SMILES string of the molecule is CSc1nc2nc(C)c(CCC(=O)N(C)CC(=O)NCc3ccco3)c(C)n2n1. The molecule has 0 unspecified atom stereocenters. The maximum Gasteiger partial charge on any atom is 0.253 e. The zero-order valence-corrected chi connectivity index (χ0v) is 17.7. The number of aryl methyl sites for hydroxylation is 2. The fourth-order valence-corrected chi connectivity index (χ4v) is 3.36. The van der Waals surface area contributed by atoms with E-state index in [0.29, 0.717) is 29.7 Å². The summed E-state index contributed by atoms with van der Waals surface area (Å²) in [6.45, 7) is 4.15. The van der Waals surface area contributed by atoms with Gasteiger partial charge in [0.05, 0.1) is 19.4 Å². The van der Waals surface area contributed by atoms with Crippen molar-refractivity contribution >= 4 is 29.4 Å². The Hall–Kier alpha value is -2.88. The minimum atomic E-state index is -0.236. The monoisotopic (exact) mass is 416 g/mol. The van der Waals surface area contributed by atoms with Crippen molar-refractivity contribution in [3.8, 4) is 0 Å². The average molecular weight is 417 g/mol. The molecule has 3 aromatic rings. The number of nitrogens with zero attached hydrogens (tertiary/aromatic N) is 5. The second kappa shape index (κ2) is 9.08. The summed E-state index contributed by atoms with van der Waals surface area (Å²) in [5.74, 6) is 0.879. The topological polar surface area (TPSA) is 106 Å². The molecule has 0 spiro atoms. The van der Waals surface area contributed by atoms with Crippen molar-refractivity contribution in [1.29, 1.82) is 0 Å². The van der Waals surface area contributed by atoms with E-state index in [1.165, 1.54) is 16.7 Å². The van der Waals surface area contributed by atoms with Gasteiger partial charge in [-0.2, -0.15) is 4.98 Å². The summed E-state index contributed by atoms with van der Waals surface area (Å²) in [6, 6.07) is 3.54. The minimum Gasteiger partial charge on any atom is -0.467 e. The fraction of sp³-hybridized carbons (Fsp3) is 0.421. The first-order valence-electron chi connectivity index (χ1n) is 9.19. The maximum absolute atomic E-state index is 12.5. The molecule has 154 valence electrons. The van der Waals surface area contributed by atoms with Gasteiger partial charge in [0.25, 0.3) is 5.78 Å². The van der Waals surface area contributed by atoms with Gasteiger partial charge in [-0.15, -0.1) is 5.10 Å². The van der Waals surface area contributed by atoms with E-state index in [1.807, 2.05) is 20.1 Å².